The molecule has 2 N–H and O–H groups in total. The summed E-state index contributed by atoms with van der Waals surface area (Å²) in [4.78, 5) is 23.6. The molecule has 0 radical (unpaired) electrons. The lowest BCUT2D eigenvalue weighted by Gasteiger charge is -2.63. The highest BCUT2D eigenvalue weighted by Crippen LogP contribution is 2.71. The predicted molar refractivity (Wildman–Crippen MR) is 104 cm³/mol. The van der Waals surface area contributed by atoms with Crippen molar-refractivity contribution in [2.75, 3.05) is 6.61 Å². The first-order valence-electron chi connectivity index (χ1n) is 9.68. The first-order chi connectivity index (χ1) is 12.5. The lowest BCUT2D eigenvalue weighted by Crippen LogP contribution is -2.67. The lowest BCUT2D eigenvalue weighted by atomic mass is 9.46. The average molecular weight is 413 g/mol. The minimum atomic E-state index is -1.56. The van der Waals surface area contributed by atoms with Gasteiger partial charge in [-0.05, 0) is 56.1 Å². The Hall–Kier alpha value is -0.680. The van der Waals surface area contributed by atoms with Crippen molar-refractivity contribution in [3.05, 3.63) is 23.8 Å². The van der Waals surface area contributed by atoms with Gasteiger partial charge in [0, 0.05) is 10.8 Å². The van der Waals surface area contributed by atoms with Gasteiger partial charge in [0.15, 0.2) is 11.6 Å². The summed E-state index contributed by atoms with van der Waals surface area (Å²) in [5.41, 5.74) is -1.78. The molecule has 0 aromatic carbocycles. The van der Waals surface area contributed by atoms with Crippen LogP contribution in [0, 0.1) is 22.7 Å². The SMILES string of the molecule is C[C@]12C=CC(=O)C=C1CC[C@@H]1[C@@H]3CC[C@](O)(C(=O)CO)[C@@]3(C)C[C@H](Cl)[C@@]12Cl. The molecular weight excluding hydrogens is 387 g/mol. The van der Waals surface area contributed by atoms with Crippen molar-refractivity contribution in [3.63, 3.8) is 0 Å². The van der Waals surface area contributed by atoms with E-state index >= 15 is 0 Å². The van der Waals surface area contributed by atoms with Gasteiger partial charge in [-0.25, -0.2) is 0 Å². The van der Waals surface area contributed by atoms with Crippen LogP contribution in [0.1, 0.15) is 46.0 Å². The molecule has 27 heavy (non-hydrogen) atoms. The normalized spacial score (nSPS) is 51.3. The van der Waals surface area contributed by atoms with E-state index in [-0.39, 0.29) is 17.6 Å². The molecule has 0 bridgehead atoms. The molecule has 4 rings (SSSR count). The van der Waals surface area contributed by atoms with E-state index in [1.54, 1.807) is 12.2 Å². The Morgan fingerprint density at radius 1 is 1.30 bits per heavy atom. The molecule has 0 spiro atoms. The Balaban J connectivity index is 1.81. The molecule has 0 aromatic heterocycles. The van der Waals surface area contributed by atoms with E-state index in [0.717, 1.165) is 18.4 Å². The van der Waals surface area contributed by atoms with E-state index in [4.69, 9.17) is 23.2 Å². The Labute approximate surface area is 169 Å². The summed E-state index contributed by atoms with van der Waals surface area (Å²) in [5.74, 6) is -0.489. The molecule has 3 saturated carbocycles. The van der Waals surface area contributed by atoms with Gasteiger partial charge in [-0.15, -0.1) is 23.2 Å². The third kappa shape index (κ3) is 2.19. The first kappa shape index (κ1) is 19.6. The lowest BCUT2D eigenvalue weighted by molar-refractivity contribution is -0.161. The van der Waals surface area contributed by atoms with E-state index < -0.39 is 39.1 Å². The molecule has 3 fully saturated rings. The zero-order valence-corrected chi connectivity index (χ0v) is 17.2. The minimum Gasteiger partial charge on any atom is -0.388 e. The first-order valence-corrected chi connectivity index (χ1v) is 10.5. The average Bonchev–Trinajstić information content (AvgIpc) is 2.88. The van der Waals surface area contributed by atoms with Gasteiger partial charge in [-0.1, -0.05) is 25.5 Å². The third-order valence-corrected chi connectivity index (χ3v) is 9.90. The smallest absolute Gasteiger partial charge is 0.190 e. The maximum Gasteiger partial charge on any atom is 0.190 e. The van der Waals surface area contributed by atoms with E-state index in [9.17, 15) is 19.8 Å². The van der Waals surface area contributed by atoms with Gasteiger partial charge in [0.1, 0.15) is 12.2 Å². The zero-order valence-electron chi connectivity index (χ0n) is 15.7. The van der Waals surface area contributed by atoms with Crippen LogP contribution in [-0.4, -0.2) is 44.2 Å². The monoisotopic (exact) mass is 412 g/mol. The Bertz CT molecular complexity index is 776. The van der Waals surface area contributed by atoms with Crippen LogP contribution in [0.3, 0.4) is 0 Å². The number of aliphatic hydroxyl groups excluding tert-OH is 1. The molecular formula is C21H26Cl2O4. The molecule has 148 valence electrons. The molecule has 0 saturated heterocycles. The quantitative estimate of drug-likeness (QED) is 0.682. The number of allylic oxidation sites excluding steroid dienone is 4. The largest absolute Gasteiger partial charge is 0.388 e. The van der Waals surface area contributed by atoms with Gasteiger partial charge in [0.25, 0.3) is 0 Å². The molecule has 7 atom stereocenters. The maximum absolute atomic E-state index is 12.4. The van der Waals surface area contributed by atoms with Crippen LogP contribution in [0.5, 0.6) is 0 Å². The zero-order chi connectivity index (χ0) is 19.8. The van der Waals surface area contributed by atoms with Crippen molar-refractivity contribution in [3.8, 4) is 0 Å². The van der Waals surface area contributed by atoms with Crippen LogP contribution in [0.2, 0.25) is 0 Å². The number of carbonyl (C=O) groups excluding carboxylic acids is 2. The van der Waals surface area contributed by atoms with Crippen LogP contribution in [0.15, 0.2) is 23.8 Å². The van der Waals surface area contributed by atoms with Gasteiger partial charge >= 0.3 is 0 Å². The third-order valence-electron chi connectivity index (χ3n) is 8.35. The highest BCUT2D eigenvalue weighted by Gasteiger charge is 2.72. The van der Waals surface area contributed by atoms with Crippen molar-refractivity contribution < 1.29 is 19.8 Å². The summed E-state index contributed by atoms with van der Waals surface area (Å²) in [6.45, 7) is 3.31. The van der Waals surface area contributed by atoms with Crippen LogP contribution in [0.4, 0.5) is 0 Å². The number of ketones is 2. The van der Waals surface area contributed by atoms with E-state index in [0.29, 0.717) is 19.3 Å². The van der Waals surface area contributed by atoms with Crippen LogP contribution in [-0.2, 0) is 9.59 Å². The fourth-order valence-electron chi connectivity index (χ4n) is 6.74. The number of fused-ring (bicyclic) bond motifs is 5. The Morgan fingerprint density at radius 3 is 2.67 bits per heavy atom. The van der Waals surface area contributed by atoms with Crippen molar-refractivity contribution in [1.82, 2.24) is 0 Å². The number of aliphatic hydroxyl groups is 2. The van der Waals surface area contributed by atoms with Crippen molar-refractivity contribution in [2.24, 2.45) is 22.7 Å². The Morgan fingerprint density at radius 2 is 2.00 bits per heavy atom. The molecule has 0 unspecified atom stereocenters. The molecule has 0 amide bonds. The predicted octanol–water partition coefficient (Wildman–Crippen LogP) is 3.17. The van der Waals surface area contributed by atoms with E-state index in [2.05, 4.69) is 6.92 Å². The van der Waals surface area contributed by atoms with Gasteiger partial charge in [-0.2, -0.15) is 0 Å². The number of hydrogen-bond acceptors (Lipinski definition) is 4. The van der Waals surface area contributed by atoms with Crippen LogP contribution < -0.4 is 0 Å². The molecule has 4 nitrogen and oxygen atoms in total. The van der Waals surface area contributed by atoms with E-state index in [1.165, 1.54) is 0 Å². The summed E-state index contributed by atoms with van der Waals surface area (Å²) >= 11 is 14.3. The number of carbonyl (C=O) groups is 2. The van der Waals surface area contributed by atoms with Gasteiger partial charge in [0.2, 0.25) is 0 Å². The number of alkyl halides is 2. The van der Waals surface area contributed by atoms with Gasteiger partial charge in [-0.3, -0.25) is 9.59 Å². The van der Waals surface area contributed by atoms with Gasteiger partial charge < -0.3 is 10.2 Å². The molecule has 0 aromatic rings. The summed E-state index contributed by atoms with van der Waals surface area (Å²) in [7, 11) is 0. The van der Waals surface area contributed by atoms with Crippen LogP contribution >= 0.6 is 23.2 Å². The standard InChI is InChI=1S/C21H26Cl2O4/c1-18-7-5-13(25)9-12(18)3-4-15-14-6-8-20(27,17(26)11-24)19(14,2)10-16(22)21(15,18)23/h5,7,9,14-16,24,27H,3-4,6,8,10-11H2,1-2H3/t14-,15+,16-,18-,19-,20-,21-/m0/s1. The fourth-order valence-corrected chi connectivity index (χ4v) is 7.97. The topological polar surface area (TPSA) is 74.6 Å². The highest BCUT2D eigenvalue weighted by atomic mass is 35.5. The van der Waals surface area contributed by atoms with Crippen molar-refractivity contribution in [1.29, 1.82) is 0 Å². The summed E-state index contributed by atoms with van der Waals surface area (Å²) < 4.78 is 0. The number of rotatable bonds is 2. The number of halogens is 2. The number of hydrogen-bond donors (Lipinski definition) is 2. The van der Waals surface area contributed by atoms with E-state index in [1.807, 2.05) is 13.0 Å². The molecule has 4 aliphatic carbocycles. The van der Waals surface area contributed by atoms with Crippen molar-refractivity contribution >= 4 is 34.8 Å². The second-order valence-corrected chi connectivity index (χ2v) is 10.3. The summed E-state index contributed by atoms with van der Waals surface area (Å²) in [5, 5.41) is 20.2. The second-order valence-electron chi connectivity index (χ2n) is 9.20. The second kappa shape index (κ2) is 5.91. The summed E-state index contributed by atoms with van der Waals surface area (Å²) in [6.07, 6.45) is 8.11. The van der Waals surface area contributed by atoms with Gasteiger partial charge in [0.05, 0.1) is 10.3 Å². The molecule has 4 aliphatic rings. The Kier molecular flexibility index (Phi) is 4.30. The summed E-state index contributed by atoms with van der Waals surface area (Å²) in [6, 6.07) is 0. The minimum absolute atomic E-state index is 0.0148. The van der Waals surface area contributed by atoms with Crippen LogP contribution in [0.25, 0.3) is 0 Å². The fraction of sp³-hybridized carbons (Fsp3) is 0.714. The van der Waals surface area contributed by atoms with Crippen molar-refractivity contribution in [2.45, 2.75) is 61.8 Å². The molecule has 0 heterocycles. The maximum atomic E-state index is 12.4. The molecule has 6 heteroatoms. The number of Topliss-reactive ketones (excluding diaryl/α,β-unsaturated/α-hetero) is 1. The molecule has 0 aliphatic heterocycles. The highest BCUT2D eigenvalue weighted by molar-refractivity contribution is 6.34.